The van der Waals surface area contributed by atoms with Crippen LogP contribution in [0, 0.1) is 0 Å². The lowest BCUT2D eigenvalue weighted by molar-refractivity contribution is 0.256. The van der Waals surface area contributed by atoms with Crippen molar-refractivity contribution in [3.63, 3.8) is 0 Å². The highest BCUT2D eigenvalue weighted by Gasteiger charge is 2.26. The second kappa shape index (κ2) is 12.8. The predicted molar refractivity (Wildman–Crippen MR) is 136 cm³/mol. The molecule has 1 N–H and O–H groups in total. The zero-order valence-corrected chi connectivity index (χ0v) is 20.7. The highest BCUT2D eigenvalue weighted by Crippen LogP contribution is 2.31. The Morgan fingerprint density at radius 2 is 1.59 bits per heavy atom. The molecule has 1 atom stereocenters. The molecule has 2 saturated heterocycles. The normalized spacial score (nSPS) is 21.7. The maximum absolute atomic E-state index is 5.09. The minimum atomic E-state index is 0.647. The van der Waals surface area contributed by atoms with Gasteiger partial charge in [-0.2, -0.15) is 4.98 Å². The van der Waals surface area contributed by atoms with E-state index in [9.17, 15) is 0 Å². The fourth-order valence-corrected chi connectivity index (χ4v) is 5.94. The molecular weight excluding hydrogens is 394 g/mol. The summed E-state index contributed by atoms with van der Waals surface area (Å²) < 4.78 is 0. The fourth-order valence-electron chi connectivity index (χ4n) is 5.94. The number of aromatic nitrogens is 2. The molecule has 3 heterocycles. The maximum Gasteiger partial charge on any atom is 0.224 e. The molecule has 2 fully saturated rings. The van der Waals surface area contributed by atoms with E-state index in [1.54, 1.807) is 0 Å². The molecule has 0 aromatic carbocycles. The van der Waals surface area contributed by atoms with Crippen LogP contribution in [0.1, 0.15) is 108 Å². The van der Waals surface area contributed by atoms with Crippen molar-refractivity contribution in [1.29, 1.82) is 0 Å². The Balaban J connectivity index is 1.28. The van der Waals surface area contributed by atoms with E-state index in [1.165, 1.54) is 120 Å². The number of fused-ring (bicyclic) bond motifs is 1. The van der Waals surface area contributed by atoms with Crippen LogP contribution in [-0.2, 0) is 12.8 Å². The van der Waals surface area contributed by atoms with Crippen molar-refractivity contribution in [2.45, 2.75) is 116 Å². The SMILES string of the molecule is CCCCCCCCCN1CCCC1CNc1nc2c(c(N3CCCCCC3)n1)CCC2. The summed E-state index contributed by atoms with van der Waals surface area (Å²) in [6.07, 6.45) is 21.3. The average molecular weight is 442 g/mol. The van der Waals surface area contributed by atoms with Gasteiger partial charge < -0.3 is 10.2 Å². The smallest absolute Gasteiger partial charge is 0.224 e. The molecule has 180 valence electrons. The lowest BCUT2D eigenvalue weighted by Gasteiger charge is -2.26. The van der Waals surface area contributed by atoms with E-state index in [0.29, 0.717) is 6.04 Å². The van der Waals surface area contributed by atoms with Crippen molar-refractivity contribution in [3.05, 3.63) is 11.3 Å². The summed E-state index contributed by atoms with van der Waals surface area (Å²) in [5.74, 6) is 2.14. The second-order valence-corrected chi connectivity index (χ2v) is 10.4. The minimum Gasteiger partial charge on any atom is -0.356 e. The van der Waals surface area contributed by atoms with Gasteiger partial charge in [-0.25, -0.2) is 4.98 Å². The van der Waals surface area contributed by atoms with Crippen LogP contribution in [-0.4, -0.2) is 53.6 Å². The number of aryl methyl sites for hydroxylation is 1. The largest absolute Gasteiger partial charge is 0.356 e. The molecular formula is C27H47N5. The molecule has 1 aliphatic carbocycles. The van der Waals surface area contributed by atoms with E-state index < -0.39 is 0 Å². The van der Waals surface area contributed by atoms with E-state index in [-0.39, 0.29) is 0 Å². The van der Waals surface area contributed by atoms with Crippen molar-refractivity contribution < 1.29 is 0 Å². The van der Waals surface area contributed by atoms with Gasteiger partial charge in [-0.05, 0) is 64.5 Å². The van der Waals surface area contributed by atoms with Gasteiger partial charge in [0.25, 0.3) is 0 Å². The molecule has 0 amide bonds. The van der Waals surface area contributed by atoms with Gasteiger partial charge in [0.2, 0.25) is 5.95 Å². The van der Waals surface area contributed by atoms with Gasteiger partial charge in [-0.1, -0.05) is 58.3 Å². The third-order valence-electron chi connectivity index (χ3n) is 7.86. The first-order valence-electron chi connectivity index (χ1n) is 14.0. The molecule has 5 heteroatoms. The zero-order chi connectivity index (χ0) is 22.0. The number of nitrogens with zero attached hydrogens (tertiary/aromatic N) is 4. The summed E-state index contributed by atoms with van der Waals surface area (Å²) in [5, 5.41) is 3.68. The second-order valence-electron chi connectivity index (χ2n) is 10.4. The van der Waals surface area contributed by atoms with Gasteiger partial charge in [0, 0.05) is 31.2 Å². The van der Waals surface area contributed by atoms with Crippen LogP contribution in [0.5, 0.6) is 0 Å². The molecule has 1 aromatic heterocycles. The van der Waals surface area contributed by atoms with E-state index >= 15 is 0 Å². The summed E-state index contributed by atoms with van der Waals surface area (Å²) >= 11 is 0. The van der Waals surface area contributed by atoms with E-state index in [2.05, 4.69) is 22.0 Å². The molecule has 0 spiro atoms. The van der Waals surface area contributed by atoms with Crippen LogP contribution in [0.25, 0.3) is 0 Å². The molecule has 3 aliphatic rings. The summed E-state index contributed by atoms with van der Waals surface area (Å²) in [6, 6.07) is 0.647. The van der Waals surface area contributed by atoms with Crippen LogP contribution in [0.2, 0.25) is 0 Å². The lowest BCUT2D eigenvalue weighted by atomic mass is 10.1. The van der Waals surface area contributed by atoms with Crippen molar-refractivity contribution >= 4 is 11.8 Å². The Hall–Kier alpha value is -1.36. The molecule has 4 rings (SSSR count). The first-order valence-corrected chi connectivity index (χ1v) is 14.0. The number of hydrogen-bond donors (Lipinski definition) is 1. The van der Waals surface area contributed by atoms with Crippen molar-refractivity contribution in [2.24, 2.45) is 0 Å². The molecule has 32 heavy (non-hydrogen) atoms. The van der Waals surface area contributed by atoms with Crippen LogP contribution in [0.4, 0.5) is 11.8 Å². The molecule has 2 aliphatic heterocycles. The van der Waals surface area contributed by atoms with Gasteiger partial charge in [0.1, 0.15) is 5.82 Å². The minimum absolute atomic E-state index is 0.647. The third-order valence-corrected chi connectivity index (χ3v) is 7.86. The summed E-state index contributed by atoms with van der Waals surface area (Å²) in [7, 11) is 0. The quantitative estimate of drug-likeness (QED) is 0.405. The monoisotopic (exact) mass is 441 g/mol. The first kappa shape index (κ1) is 23.8. The van der Waals surface area contributed by atoms with Crippen LogP contribution in [0.3, 0.4) is 0 Å². The molecule has 1 aromatic rings. The number of anilines is 2. The highest BCUT2D eigenvalue weighted by atomic mass is 15.2. The summed E-state index contributed by atoms with van der Waals surface area (Å²) in [5.41, 5.74) is 2.76. The van der Waals surface area contributed by atoms with E-state index in [0.717, 1.165) is 38.4 Å². The third kappa shape index (κ3) is 6.59. The van der Waals surface area contributed by atoms with Crippen LogP contribution >= 0.6 is 0 Å². The Morgan fingerprint density at radius 1 is 0.812 bits per heavy atom. The van der Waals surface area contributed by atoms with Gasteiger partial charge in [0.15, 0.2) is 0 Å². The molecule has 5 nitrogen and oxygen atoms in total. The number of nitrogens with one attached hydrogen (secondary N) is 1. The first-order chi connectivity index (χ1) is 15.8. The number of rotatable bonds is 12. The zero-order valence-electron chi connectivity index (χ0n) is 20.7. The Kier molecular flexibility index (Phi) is 9.49. The van der Waals surface area contributed by atoms with Gasteiger partial charge >= 0.3 is 0 Å². The predicted octanol–water partition coefficient (Wildman–Crippen LogP) is 5.97. The standard InChI is InChI=1S/C27H47N5/c1-2-3-4-5-6-7-10-18-31-21-14-15-23(31)22-28-27-29-25-17-13-16-24(25)26(30-27)32-19-11-8-9-12-20-32/h23H,2-22H2,1H3,(H,28,29,30). The fraction of sp³-hybridized carbons (Fsp3) is 0.852. The van der Waals surface area contributed by atoms with Gasteiger partial charge in [-0.3, -0.25) is 4.90 Å². The van der Waals surface area contributed by atoms with Crippen molar-refractivity contribution in [1.82, 2.24) is 14.9 Å². The maximum atomic E-state index is 5.09. The Labute approximate surface area is 196 Å². The number of hydrogen-bond acceptors (Lipinski definition) is 5. The Morgan fingerprint density at radius 3 is 2.41 bits per heavy atom. The Bertz CT molecular complexity index is 683. The number of likely N-dealkylation sites (tertiary alicyclic amines) is 1. The number of unbranched alkanes of at least 4 members (excludes halogenated alkanes) is 6. The van der Waals surface area contributed by atoms with Crippen LogP contribution in [0.15, 0.2) is 0 Å². The summed E-state index contributed by atoms with van der Waals surface area (Å²) in [4.78, 5) is 15.3. The van der Waals surface area contributed by atoms with Crippen molar-refractivity contribution in [2.75, 3.05) is 42.9 Å². The molecule has 0 saturated carbocycles. The molecule has 0 bridgehead atoms. The summed E-state index contributed by atoms with van der Waals surface area (Å²) in [6.45, 7) is 8.16. The van der Waals surface area contributed by atoms with E-state index in [4.69, 9.17) is 9.97 Å². The molecule has 1 unspecified atom stereocenters. The lowest BCUT2D eigenvalue weighted by Crippen LogP contribution is -2.36. The van der Waals surface area contributed by atoms with Gasteiger partial charge in [0.05, 0.1) is 5.69 Å². The highest BCUT2D eigenvalue weighted by molar-refractivity contribution is 5.54. The average Bonchev–Trinajstić information content (AvgIpc) is 3.38. The van der Waals surface area contributed by atoms with Gasteiger partial charge in [-0.15, -0.1) is 0 Å². The van der Waals surface area contributed by atoms with E-state index in [1.807, 2.05) is 0 Å². The molecule has 0 radical (unpaired) electrons. The topological polar surface area (TPSA) is 44.3 Å². The van der Waals surface area contributed by atoms with Crippen molar-refractivity contribution in [3.8, 4) is 0 Å². The van der Waals surface area contributed by atoms with Crippen LogP contribution < -0.4 is 10.2 Å².